The van der Waals surface area contributed by atoms with Crippen molar-refractivity contribution in [1.29, 1.82) is 0 Å². The lowest BCUT2D eigenvalue weighted by molar-refractivity contribution is -0.117. The zero-order valence-corrected chi connectivity index (χ0v) is 11.3. The van der Waals surface area contributed by atoms with Crippen LogP contribution in [0.25, 0.3) is 0 Å². The lowest BCUT2D eigenvalue weighted by Crippen LogP contribution is -2.25. The summed E-state index contributed by atoms with van der Waals surface area (Å²) in [5.74, 6) is -0.317. The minimum atomic E-state index is -0.186. The standard InChI is InChI=1S/C13H15ClN2O3/c1-8(18)15-10-2-3-11(14)12(5-10)16-6-9(7-17)4-13(16)19/h2-3,5,9,17H,4,6-7H2,1H3,(H,15,18). The van der Waals surface area contributed by atoms with Gasteiger partial charge in [0.05, 0.1) is 10.7 Å². The molecule has 1 unspecified atom stereocenters. The first-order valence-electron chi connectivity index (χ1n) is 5.99. The van der Waals surface area contributed by atoms with Gasteiger partial charge in [0, 0.05) is 38.1 Å². The van der Waals surface area contributed by atoms with Crippen molar-refractivity contribution in [3.05, 3.63) is 23.2 Å². The number of benzene rings is 1. The van der Waals surface area contributed by atoms with Crippen LogP contribution in [0.2, 0.25) is 5.02 Å². The molecule has 6 heteroatoms. The van der Waals surface area contributed by atoms with Crippen LogP contribution in [0.5, 0.6) is 0 Å². The molecule has 1 aliphatic rings. The minimum absolute atomic E-state index is 0.0226. The van der Waals surface area contributed by atoms with E-state index >= 15 is 0 Å². The van der Waals surface area contributed by atoms with Crippen molar-refractivity contribution in [2.24, 2.45) is 5.92 Å². The first kappa shape index (κ1) is 13.8. The number of amides is 2. The first-order valence-corrected chi connectivity index (χ1v) is 6.37. The van der Waals surface area contributed by atoms with Gasteiger partial charge in [-0.15, -0.1) is 0 Å². The number of hydrogen-bond acceptors (Lipinski definition) is 3. The summed E-state index contributed by atoms with van der Waals surface area (Å²) in [6, 6.07) is 4.99. The van der Waals surface area contributed by atoms with Crippen LogP contribution in [-0.2, 0) is 9.59 Å². The summed E-state index contributed by atoms with van der Waals surface area (Å²) in [5.41, 5.74) is 1.15. The molecule has 2 N–H and O–H groups in total. The molecule has 1 aliphatic heterocycles. The number of aliphatic hydroxyl groups excluding tert-OH is 1. The molecule has 1 atom stereocenters. The van der Waals surface area contributed by atoms with Gasteiger partial charge in [0.2, 0.25) is 11.8 Å². The van der Waals surface area contributed by atoms with E-state index in [1.165, 1.54) is 6.92 Å². The second-order valence-corrected chi connectivity index (χ2v) is 5.01. The van der Waals surface area contributed by atoms with E-state index in [9.17, 15) is 9.59 Å². The van der Waals surface area contributed by atoms with Crippen LogP contribution in [0.4, 0.5) is 11.4 Å². The summed E-state index contributed by atoms with van der Waals surface area (Å²) in [6.45, 7) is 1.83. The normalized spacial score (nSPS) is 18.8. The van der Waals surface area contributed by atoms with E-state index in [0.717, 1.165) is 0 Å². The number of nitrogens with zero attached hydrogens (tertiary/aromatic N) is 1. The largest absolute Gasteiger partial charge is 0.396 e. The van der Waals surface area contributed by atoms with Gasteiger partial charge in [-0.05, 0) is 18.2 Å². The number of aliphatic hydroxyl groups is 1. The van der Waals surface area contributed by atoms with E-state index in [2.05, 4.69) is 5.32 Å². The van der Waals surface area contributed by atoms with Gasteiger partial charge in [-0.2, -0.15) is 0 Å². The highest BCUT2D eigenvalue weighted by Crippen LogP contribution is 2.33. The Bertz CT molecular complexity index is 519. The molecule has 0 aliphatic carbocycles. The Kier molecular flexibility index (Phi) is 4.07. The monoisotopic (exact) mass is 282 g/mol. The molecule has 1 fully saturated rings. The zero-order chi connectivity index (χ0) is 14.0. The Morgan fingerprint density at radius 2 is 2.32 bits per heavy atom. The molecule has 102 valence electrons. The topological polar surface area (TPSA) is 69.6 Å². The SMILES string of the molecule is CC(=O)Nc1ccc(Cl)c(N2CC(CO)CC2=O)c1. The Morgan fingerprint density at radius 1 is 1.58 bits per heavy atom. The highest BCUT2D eigenvalue weighted by Gasteiger charge is 2.31. The lowest BCUT2D eigenvalue weighted by Gasteiger charge is -2.19. The van der Waals surface area contributed by atoms with Gasteiger partial charge in [-0.1, -0.05) is 11.6 Å². The van der Waals surface area contributed by atoms with E-state index in [0.29, 0.717) is 29.4 Å². The summed E-state index contributed by atoms with van der Waals surface area (Å²) in [7, 11) is 0. The van der Waals surface area contributed by atoms with Crippen LogP contribution in [0, 0.1) is 5.92 Å². The van der Waals surface area contributed by atoms with Gasteiger partial charge < -0.3 is 15.3 Å². The molecule has 0 radical (unpaired) electrons. The maximum Gasteiger partial charge on any atom is 0.227 e. The summed E-state index contributed by atoms with van der Waals surface area (Å²) < 4.78 is 0. The van der Waals surface area contributed by atoms with Crippen LogP contribution >= 0.6 is 11.6 Å². The Balaban J connectivity index is 2.28. The van der Waals surface area contributed by atoms with E-state index < -0.39 is 0 Å². The Morgan fingerprint density at radius 3 is 2.89 bits per heavy atom. The fraction of sp³-hybridized carbons (Fsp3) is 0.385. The number of nitrogens with one attached hydrogen (secondary N) is 1. The summed E-state index contributed by atoms with van der Waals surface area (Å²) in [6.07, 6.45) is 0.317. The lowest BCUT2D eigenvalue weighted by atomic mass is 10.1. The molecule has 5 nitrogen and oxygen atoms in total. The van der Waals surface area contributed by atoms with Gasteiger partial charge in [0.1, 0.15) is 0 Å². The van der Waals surface area contributed by atoms with Crippen LogP contribution in [0.15, 0.2) is 18.2 Å². The van der Waals surface area contributed by atoms with Crippen molar-refractivity contribution >= 4 is 34.8 Å². The number of halogens is 1. The number of carbonyl (C=O) groups is 2. The fourth-order valence-electron chi connectivity index (χ4n) is 2.14. The molecule has 1 aromatic carbocycles. The third-order valence-electron chi connectivity index (χ3n) is 3.02. The van der Waals surface area contributed by atoms with E-state index in [4.69, 9.17) is 16.7 Å². The Labute approximate surface area is 116 Å². The predicted molar refractivity (Wildman–Crippen MR) is 73.3 cm³/mol. The van der Waals surface area contributed by atoms with Crippen LogP contribution in [-0.4, -0.2) is 30.1 Å². The van der Waals surface area contributed by atoms with Crippen molar-refractivity contribution in [3.8, 4) is 0 Å². The molecule has 1 heterocycles. The molecule has 0 spiro atoms. The van der Waals surface area contributed by atoms with Crippen molar-refractivity contribution in [3.63, 3.8) is 0 Å². The average molecular weight is 283 g/mol. The van der Waals surface area contributed by atoms with E-state index in [1.54, 1.807) is 23.1 Å². The van der Waals surface area contributed by atoms with Gasteiger partial charge in [-0.25, -0.2) is 0 Å². The second kappa shape index (κ2) is 5.59. The van der Waals surface area contributed by atoms with Crippen LogP contribution in [0.1, 0.15) is 13.3 Å². The molecule has 2 amide bonds. The number of hydrogen-bond donors (Lipinski definition) is 2. The third-order valence-corrected chi connectivity index (χ3v) is 3.34. The average Bonchev–Trinajstić information content (AvgIpc) is 2.72. The number of anilines is 2. The second-order valence-electron chi connectivity index (χ2n) is 4.60. The molecule has 0 aromatic heterocycles. The minimum Gasteiger partial charge on any atom is -0.396 e. The smallest absolute Gasteiger partial charge is 0.227 e. The van der Waals surface area contributed by atoms with E-state index in [1.807, 2.05) is 0 Å². The van der Waals surface area contributed by atoms with Gasteiger partial charge in [0.15, 0.2) is 0 Å². The Hall–Kier alpha value is -1.59. The maximum atomic E-state index is 11.9. The quantitative estimate of drug-likeness (QED) is 0.885. The molecule has 1 aromatic rings. The third kappa shape index (κ3) is 3.05. The fourth-order valence-corrected chi connectivity index (χ4v) is 2.36. The zero-order valence-electron chi connectivity index (χ0n) is 10.5. The van der Waals surface area contributed by atoms with Crippen molar-refractivity contribution < 1.29 is 14.7 Å². The van der Waals surface area contributed by atoms with Gasteiger partial charge in [0.25, 0.3) is 0 Å². The predicted octanol–water partition coefficient (Wildman–Crippen LogP) is 1.64. The number of rotatable bonds is 3. The molecule has 0 saturated carbocycles. The van der Waals surface area contributed by atoms with Crippen molar-refractivity contribution in [2.75, 3.05) is 23.4 Å². The number of carbonyl (C=O) groups excluding carboxylic acids is 2. The van der Waals surface area contributed by atoms with Crippen LogP contribution < -0.4 is 10.2 Å². The molecular weight excluding hydrogens is 268 g/mol. The van der Waals surface area contributed by atoms with E-state index in [-0.39, 0.29) is 24.3 Å². The van der Waals surface area contributed by atoms with Crippen molar-refractivity contribution in [1.82, 2.24) is 0 Å². The first-order chi connectivity index (χ1) is 9.01. The highest BCUT2D eigenvalue weighted by atomic mass is 35.5. The molecule has 0 bridgehead atoms. The highest BCUT2D eigenvalue weighted by molar-refractivity contribution is 6.34. The summed E-state index contributed by atoms with van der Waals surface area (Å²) in [4.78, 5) is 24.5. The summed E-state index contributed by atoms with van der Waals surface area (Å²) >= 11 is 6.10. The molecular formula is C13H15ClN2O3. The summed E-state index contributed by atoms with van der Waals surface area (Å²) in [5, 5.41) is 12.2. The molecule has 1 saturated heterocycles. The van der Waals surface area contributed by atoms with Gasteiger partial charge in [-0.3, -0.25) is 9.59 Å². The molecule has 19 heavy (non-hydrogen) atoms. The van der Waals surface area contributed by atoms with Crippen LogP contribution in [0.3, 0.4) is 0 Å². The maximum absolute atomic E-state index is 11.9. The van der Waals surface area contributed by atoms with Gasteiger partial charge >= 0.3 is 0 Å². The molecule has 2 rings (SSSR count). The van der Waals surface area contributed by atoms with Crippen molar-refractivity contribution in [2.45, 2.75) is 13.3 Å².